The van der Waals surface area contributed by atoms with Gasteiger partial charge in [0.2, 0.25) is 0 Å². The molecule has 0 aromatic heterocycles. The Labute approximate surface area is 257 Å². The third-order valence-corrected chi connectivity index (χ3v) is 8.13. The molecule has 0 atom stereocenters. The molecule has 1 fully saturated rings. The molecule has 7 nitrogen and oxygen atoms in total. The second kappa shape index (κ2) is 14.3. The van der Waals surface area contributed by atoms with E-state index in [1.807, 2.05) is 24.3 Å². The number of piperidine rings is 1. The summed E-state index contributed by atoms with van der Waals surface area (Å²) in [6.07, 6.45) is 3.91. The molecule has 2 N–H and O–H groups in total. The first-order chi connectivity index (χ1) is 20.9. The number of hydrogen-bond donors (Lipinski definition) is 2. The largest absolute Gasteiger partial charge is 0.426 e. The first-order valence-corrected chi connectivity index (χ1v) is 15.1. The van der Waals surface area contributed by atoms with E-state index < -0.39 is 0 Å². The van der Waals surface area contributed by atoms with E-state index in [1.54, 1.807) is 48.5 Å². The lowest BCUT2D eigenvalue weighted by Crippen LogP contribution is -2.34. The summed E-state index contributed by atoms with van der Waals surface area (Å²) in [6.45, 7) is 5.03. The van der Waals surface area contributed by atoms with Gasteiger partial charge in [0.25, 0.3) is 11.8 Å². The molecule has 8 heteroatoms. The minimum Gasteiger partial charge on any atom is -0.426 e. The van der Waals surface area contributed by atoms with Crippen molar-refractivity contribution in [1.29, 1.82) is 0 Å². The first kappa shape index (κ1) is 30.3. The number of unbranched alkanes of at least 4 members (excludes halogenated alkanes) is 1. The molecule has 1 aliphatic heterocycles. The highest BCUT2D eigenvalue weighted by Crippen LogP contribution is 2.39. The van der Waals surface area contributed by atoms with Gasteiger partial charge in [0, 0.05) is 40.7 Å². The molecule has 4 aromatic carbocycles. The number of rotatable bonds is 10. The Kier molecular flexibility index (Phi) is 10.1. The number of benzene rings is 4. The van der Waals surface area contributed by atoms with Crippen molar-refractivity contribution in [2.24, 2.45) is 0 Å². The second-order valence-electron chi connectivity index (χ2n) is 10.9. The number of fused-ring (bicyclic) bond motifs is 1. The number of nitrogens with one attached hydrogen (secondary N) is 2. The van der Waals surface area contributed by atoms with Gasteiger partial charge in [-0.25, -0.2) is 0 Å². The summed E-state index contributed by atoms with van der Waals surface area (Å²) in [5.74, 6) is 0.399. The van der Waals surface area contributed by atoms with E-state index in [1.165, 1.54) is 6.92 Å². The highest BCUT2D eigenvalue weighted by Gasteiger charge is 2.24. The van der Waals surface area contributed by atoms with Gasteiger partial charge in [-0.05, 0) is 111 Å². The number of nitrogens with zero attached hydrogens (tertiary/aromatic N) is 1. The molecule has 0 bridgehead atoms. The molecule has 0 aliphatic carbocycles. The topological polar surface area (TPSA) is 87.7 Å². The summed E-state index contributed by atoms with van der Waals surface area (Å²) < 4.78 is 5.72. The van der Waals surface area contributed by atoms with E-state index in [0.29, 0.717) is 40.0 Å². The predicted molar refractivity (Wildman–Crippen MR) is 171 cm³/mol. The minimum atomic E-state index is -0.294. The van der Waals surface area contributed by atoms with Crippen LogP contribution in [0, 0.1) is 0 Å². The standard InChI is InChI=1S/C35H36ClN3O4/c1-24(40)43-33-31-7-3-2-6-25(31)12-17-32(33)26-18-22-39(23-19-26)21-5-4-20-37-34(41)27-10-15-30(16-11-27)38-35(42)28-8-13-29(36)14-9-28/h2-3,6-17,26H,4-5,18-23H2,1H3,(H,37,41)(H,38,42). The smallest absolute Gasteiger partial charge is 0.308 e. The van der Waals surface area contributed by atoms with E-state index in [9.17, 15) is 14.4 Å². The van der Waals surface area contributed by atoms with Crippen LogP contribution < -0.4 is 15.4 Å². The molecule has 0 spiro atoms. The predicted octanol–water partition coefficient (Wildman–Crippen LogP) is 7.06. The molecule has 1 aliphatic rings. The summed E-state index contributed by atoms with van der Waals surface area (Å²) in [4.78, 5) is 39.3. The highest BCUT2D eigenvalue weighted by molar-refractivity contribution is 6.30. The van der Waals surface area contributed by atoms with Gasteiger partial charge in [-0.15, -0.1) is 0 Å². The van der Waals surface area contributed by atoms with E-state index in [2.05, 4.69) is 27.7 Å². The van der Waals surface area contributed by atoms with Crippen LogP contribution in [-0.2, 0) is 4.79 Å². The molecular formula is C35H36ClN3O4. The zero-order valence-electron chi connectivity index (χ0n) is 24.3. The fraction of sp³-hybridized carbons (Fsp3) is 0.286. The molecule has 5 rings (SSSR count). The van der Waals surface area contributed by atoms with Crippen molar-refractivity contribution in [1.82, 2.24) is 10.2 Å². The van der Waals surface area contributed by atoms with E-state index in [-0.39, 0.29) is 17.8 Å². The summed E-state index contributed by atoms with van der Waals surface area (Å²) in [5.41, 5.74) is 2.79. The fourth-order valence-corrected chi connectivity index (χ4v) is 5.71. The zero-order chi connectivity index (χ0) is 30.2. The Bertz CT molecular complexity index is 1580. The lowest BCUT2D eigenvalue weighted by molar-refractivity contribution is -0.131. The Morgan fingerprint density at radius 1 is 0.837 bits per heavy atom. The van der Waals surface area contributed by atoms with E-state index >= 15 is 0 Å². The van der Waals surface area contributed by atoms with Gasteiger partial charge in [-0.2, -0.15) is 0 Å². The maximum absolute atomic E-state index is 12.6. The number of carbonyl (C=O) groups excluding carboxylic acids is 3. The number of amides is 2. The van der Waals surface area contributed by atoms with Gasteiger partial charge >= 0.3 is 5.97 Å². The van der Waals surface area contributed by atoms with Gasteiger partial charge in [-0.3, -0.25) is 14.4 Å². The fourth-order valence-electron chi connectivity index (χ4n) is 5.58. The van der Waals surface area contributed by atoms with E-state index in [0.717, 1.165) is 61.7 Å². The molecule has 0 unspecified atom stereocenters. The monoisotopic (exact) mass is 597 g/mol. The van der Waals surface area contributed by atoms with Crippen LogP contribution in [0.5, 0.6) is 5.75 Å². The summed E-state index contributed by atoms with van der Waals surface area (Å²) in [7, 11) is 0. The second-order valence-corrected chi connectivity index (χ2v) is 11.4. The van der Waals surface area contributed by atoms with Crippen molar-refractivity contribution in [3.05, 3.63) is 107 Å². The van der Waals surface area contributed by atoms with Crippen molar-refractivity contribution in [3.8, 4) is 5.75 Å². The molecule has 222 valence electrons. The number of ether oxygens (including phenoxy) is 1. The molecule has 1 heterocycles. The molecule has 0 saturated carbocycles. The minimum absolute atomic E-state index is 0.129. The number of hydrogen-bond acceptors (Lipinski definition) is 5. The van der Waals surface area contributed by atoms with Crippen LogP contribution in [0.15, 0.2) is 84.9 Å². The molecule has 4 aromatic rings. The lowest BCUT2D eigenvalue weighted by Gasteiger charge is -2.33. The zero-order valence-corrected chi connectivity index (χ0v) is 25.0. The summed E-state index contributed by atoms with van der Waals surface area (Å²) in [6, 6.07) is 25.8. The van der Waals surface area contributed by atoms with Crippen molar-refractivity contribution >= 4 is 45.8 Å². The van der Waals surface area contributed by atoms with Crippen LogP contribution in [0.3, 0.4) is 0 Å². The quantitative estimate of drug-likeness (QED) is 0.116. The number of anilines is 1. The Hall–Kier alpha value is -4.20. The van der Waals surface area contributed by atoms with Crippen LogP contribution in [0.1, 0.15) is 64.8 Å². The van der Waals surface area contributed by atoms with Crippen LogP contribution in [-0.4, -0.2) is 48.9 Å². The van der Waals surface area contributed by atoms with Gasteiger partial charge < -0.3 is 20.3 Å². The number of likely N-dealkylation sites (tertiary alicyclic amines) is 1. The van der Waals surface area contributed by atoms with Crippen LogP contribution >= 0.6 is 11.6 Å². The highest BCUT2D eigenvalue weighted by atomic mass is 35.5. The van der Waals surface area contributed by atoms with Crippen molar-refractivity contribution in [3.63, 3.8) is 0 Å². The maximum Gasteiger partial charge on any atom is 0.308 e. The van der Waals surface area contributed by atoms with Gasteiger partial charge in [-0.1, -0.05) is 48.0 Å². The van der Waals surface area contributed by atoms with Gasteiger partial charge in [0.15, 0.2) is 0 Å². The molecule has 1 saturated heterocycles. The van der Waals surface area contributed by atoms with Crippen molar-refractivity contribution < 1.29 is 19.1 Å². The summed E-state index contributed by atoms with van der Waals surface area (Å²) in [5, 5.41) is 8.45. The Balaban J connectivity index is 1.03. The average molecular weight is 598 g/mol. The number of halogens is 1. The van der Waals surface area contributed by atoms with Crippen LogP contribution in [0.2, 0.25) is 5.02 Å². The molecular weight excluding hydrogens is 562 g/mol. The summed E-state index contributed by atoms with van der Waals surface area (Å²) >= 11 is 5.88. The van der Waals surface area contributed by atoms with Gasteiger partial charge in [0.1, 0.15) is 5.75 Å². The average Bonchev–Trinajstić information content (AvgIpc) is 3.02. The first-order valence-electron chi connectivity index (χ1n) is 14.7. The van der Waals surface area contributed by atoms with Gasteiger partial charge in [0.05, 0.1) is 0 Å². The normalized spacial score (nSPS) is 13.9. The van der Waals surface area contributed by atoms with Crippen LogP contribution in [0.25, 0.3) is 10.8 Å². The molecule has 43 heavy (non-hydrogen) atoms. The Morgan fingerprint density at radius 2 is 1.51 bits per heavy atom. The molecule has 2 amide bonds. The lowest BCUT2D eigenvalue weighted by atomic mass is 9.87. The van der Waals surface area contributed by atoms with Crippen molar-refractivity contribution in [2.45, 2.75) is 38.5 Å². The Morgan fingerprint density at radius 3 is 2.23 bits per heavy atom. The van der Waals surface area contributed by atoms with Crippen LogP contribution in [0.4, 0.5) is 5.69 Å². The molecule has 0 radical (unpaired) electrons. The maximum atomic E-state index is 12.6. The number of carbonyl (C=O) groups is 3. The number of esters is 1. The third kappa shape index (κ3) is 8.00. The third-order valence-electron chi connectivity index (χ3n) is 7.88. The van der Waals surface area contributed by atoms with E-state index in [4.69, 9.17) is 16.3 Å². The van der Waals surface area contributed by atoms with Crippen molar-refractivity contribution in [2.75, 3.05) is 31.5 Å². The SMILES string of the molecule is CC(=O)Oc1c(C2CCN(CCCCNC(=O)c3ccc(NC(=O)c4ccc(Cl)cc4)cc3)CC2)ccc2ccccc12.